The van der Waals surface area contributed by atoms with Crippen LogP contribution in [0.5, 0.6) is 0 Å². The summed E-state index contributed by atoms with van der Waals surface area (Å²) < 4.78 is 38.3. The third-order valence-corrected chi connectivity index (χ3v) is 17.8. The van der Waals surface area contributed by atoms with Crippen LogP contribution in [0.15, 0.2) is 0 Å². The molecule has 2 bridgehead atoms. The zero-order valence-corrected chi connectivity index (χ0v) is 25.1. The van der Waals surface area contributed by atoms with E-state index in [-0.39, 0.29) is 34.1 Å². The average molecular weight is 512 g/mol. The maximum atomic E-state index is 14.5. The Hall–Kier alpha value is 0.0869. The monoisotopic (exact) mass is 511 g/mol. The highest BCUT2D eigenvalue weighted by Gasteiger charge is 2.67. The SMILES string of the molecule is CC1(C)C2CCC1(CS(=O)(=O)N(C1CCCCC1)C1CCCCC1)C(O[Si](C)(C)C(C)(C)C)C2. The van der Waals surface area contributed by atoms with Gasteiger partial charge in [0.15, 0.2) is 8.32 Å². The van der Waals surface area contributed by atoms with E-state index in [0.29, 0.717) is 11.7 Å². The van der Waals surface area contributed by atoms with Crippen LogP contribution in [0.4, 0.5) is 0 Å². The lowest BCUT2D eigenvalue weighted by Crippen LogP contribution is -2.56. The summed E-state index contributed by atoms with van der Waals surface area (Å²) in [6.07, 6.45) is 14.7. The van der Waals surface area contributed by atoms with Crippen LogP contribution in [0.2, 0.25) is 18.1 Å². The van der Waals surface area contributed by atoms with E-state index < -0.39 is 18.3 Å². The smallest absolute Gasteiger partial charge is 0.215 e. The van der Waals surface area contributed by atoms with E-state index in [1.807, 2.05) is 0 Å². The molecular formula is C28H53NO3SSi. The highest BCUT2D eigenvalue weighted by atomic mass is 32.2. The summed E-state index contributed by atoms with van der Waals surface area (Å²) >= 11 is 0. The Labute approximate surface area is 212 Å². The molecule has 0 amide bonds. The first-order valence-electron chi connectivity index (χ1n) is 14.4. The van der Waals surface area contributed by atoms with Gasteiger partial charge in [0.2, 0.25) is 10.0 Å². The molecule has 0 radical (unpaired) electrons. The summed E-state index contributed by atoms with van der Waals surface area (Å²) in [6, 6.07) is 0.444. The molecule has 3 unspecified atom stereocenters. The van der Waals surface area contributed by atoms with Crippen molar-refractivity contribution in [3.8, 4) is 0 Å². The molecule has 6 heteroatoms. The third kappa shape index (κ3) is 4.72. The zero-order valence-electron chi connectivity index (χ0n) is 23.3. The van der Waals surface area contributed by atoms with Crippen molar-refractivity contribution in [1.29, 1.82) is 0 Å². The Kier molecular flexibility index (Phi) is 7.53. The van der Waals surface area contributed by atoms with Crippen molar-refractivity contribution in [1.82, 2.24) is 4.31 Å². The molecule has 198 valence electrons. The molecule has 0 aromatic heterocycles. The fourth-order valence-corrected chi connectivity index (χ4v) is 12.1. The molecule has 4 aliphatic rings. The van der Waals surface area contributed by atoms with E-state index in [0.717, 1.165) is 44.9 Å². The lowest BCUT2D eigenvalue weighted by molar-refractivity contribution is 0.0218. The molecule has 0 aromatic carbocycles. The summed E-state index contributed by atoms with van der Waals surface area (Å²) in [5, 5.41) is 0.134. The Morgan fingerprint density at radius 2 is 1.38 bits per heavy atom. The molecule has 34 heavy (non-hydrogen) atoms. The normalized spacial score (nSPS) is 33.6. The van der Waals surface area contributed by atoms with Gasteiger partial charge in [0, 0.05) is 17.5 Å². The summed E-state index contributed by atoms with van der Waals surface area (Å²) in [4.78, 5) is 0. The van der Waals surface area contributed by atoms with Crippen molar-refractivity contribution in [2.24, 2.45) is 16.7 Å². The van der Waals surface area contributed by atoms with Crippen molar-refractivity contribution < 1.29 is 12.8 Å². The second-order valence-corrected chi connectivity index (χ2v) is 21.0. The molecule has 4 rings (SSSR count). The Balaban J connectivity index is 1.67. The molecule has 4 aliphatic carbocycles. The van der Waals surface area contributed by atoms with Crippen molar-refractivity contribution >= 4 is 18.3 Å². The van der Waals surface area contributed by atoms with Gasteiger partial charge in [-0.3, -0.25) is 0 Å². The average Bonchev–Trinajstić information content (AvgIpc) is 3.08. The van der Waals surface area contributed by atoms with Crippen LogP contribution in [-0.4, -0.2) is 45.0 Å². The van der Waals surface area contributed by atoms with E-state index >= 15 is 0 Å². The zero-order chi connectivity index (χ0) is 25.0. The molecule has 4 fully saturated rings. The van der Waals surface area contributed by atoms with E-state index in [2.05, 4.69) is 52.0 Å². The first kappa shape index (κ1) is 27.1. The van der Waals surface area contributed by atoms with E-state index in [4.69, 9.17) is 4.43 Å². The lowest BCUT2D eigenvalue weighted by atomic mass is 9.70. The van der Waals surface area contributed by atoms with Crippen LogP contribution in [-0.2, 0) is 14.4 Å². The molecule has 4 saturated carbocycles. The van der Waals surface area contributed by atoms with Crippen LogP contribution < -0.4 is 0 Å². The minimum atomic E-state index is -3.38. The van der Waals surface area contributed by atoms with Crippen LogP contribution in [0.1, 0.15) is 118 Å². The van der Waals surface area contributed by atoms with Gasteiger partial charge in [-0.25, -0.2) is 8.42 Å². The summed E-state index contributed by atoms with van der Waals surface area (Å²) in [7, 11) is -5.37. The maximum absolute atomic E-state index is 14.5. The molecule has 0 N–H and O–H groups in total. The summed E-state index contributed by atoms with van der Waals surface area (Å²) in [5.74, 6) is 0.880. The number of sulfonamides is 1. The van der Waals surface area contributed by atoms with Gasteiger partial charge in [-0.2, -0.15) is 4.31 Å². The van der Waals surface area contributed by atoms with Crippen LogP contribution in [0, 0.1) is 16.7 Å². The molecule has 0 aromatic rings. The standard InChI is InChI=1S/C28H53NO3SSi/c1-26(2,3)34(6,7)32-25-20-22-18-19-28(25,27(22,4)5)21-33(30,31)29(23-14-10-8-11-15-23)24-16-12-9-13-17-24/h22-25H,8-21H2,1-7H3. The Morgan fingerprint density at radius 1 is 0.882 bits per heavy atom. The van der Waals surface area contributed by atoms with Gasteiger partial charge in [0.25, 0.3) is 0 Å². The fraction of sp³-hybridized carbons (Fsp3) is 1.00. The number of fused-ring (bicyclic) bond motifs is 2. The predicted octanol–water partition coefficient (Wildman–Crippen LogP) is 7.50. The molecule has 0 saturated heterocycles. The summed E-state index contributed by atoms with van der Waals surface area (Å²) in [5.41, 5.74) is -0.245. The first-order chi connectivity index (χ1) is 15.7. The second kappa shape index (κ2) is 9.44. The fourth-order valence-electron chi connectivity index (χ4n) is 7.86. The third-order valence-electron chi connectivity index (χ3n) is 11.2. The lowest BCUT2D eigenvalue weighted by Gasteiger charge is -2.49. The van der Waals surface area contributed by atoms with Crippen LogP contribution in [0.25, 0.3) is 0 Å². The van der Waals surface area contributed by atoms with Gasteiger partial charge in [0.05, 0.1) is 11.9 Å². The van der Waals surface area contributed by atoms with Crippen LogP contribution >= 0.6 is 0 Å². The molecule has 3 atom stereocenters. The van der Waals surface area contributed by atoms with Gasteiger partial charge in [-0.1, -0.05) is 73.1 Å². The van der Waals surface area contributed by atoms with Gasteiger partial charge in [-0.05, 0) is 74.4 Å². The minimum absolute atomic E-state index is 0.0118. The Morgan fingerprint density at radius 3 is 1.82 bits per heavy atom. The number of hydrogen-bond acceptors (Lipinski definition) is 3. The molecular weight excluding hydrogens is 458 g/mol. The Bertz CT molecular complexity index is 803. The van der Waals surface area contributed by atoms with E-state index in [1.165, 1.54) is 38.5 Å². The number of hydrogen-bond donors (Lipinski definition) is 0. The van der Waals surface area contributed by atoms with Crippen molar-refractivity contribution in [2.45, 2.75) is 154 Å². The largest absolute Gasteiger partial charge is 0.413 e. The molecule has 0 heterocycles. The minimum Gasteiger partial charge on any atom is -0.413 e. The quantitative estimate of drug-likeness (QED) is 0.332. The van der Waals surface area contributed by atoms with Crippen molar-refractivity contribution in [2.75, 3.05) is 5.75 Å². The number of rotatable bonds is 7. The van der Waals surface area contributed by atoms with E-state index in [9.17, 15) is 8.42 Å². The second-order valence-electron chi connectivity index (χ2n) is 14.4. The topological polar surface area (TPSA) is 46.6 Å². The van der Waals surface area contributed by atoms with Crippen LogP contribution in [0.3, 0.4) is 0 Å². The van der Waals surface area contributed by atoms with Gasteiger partial charge in [0.1, 0.15) is 0 Å². The molecule has 0 spiro atoms. The highest BCUT2D eigenvalue weighted by Crippen LogP contribution is 2.68. The van der Waals surface area contributed by atoms with Crippen molar-refractivity contribution in [3.63, 3.8) is 0 Å². The van der Waals surface area contributed by atoms with Gasteiger partial charge < -0.3 is 4.43 Å². The predicted molar refractivity (Wildman–Crippen MR) is 145 cm³/mol. The number of nitrogens with zero attached hydrogens (tertiary/aromatic N) is 1. The van der Waals surface area contributed by atoms with Gasteiger partial charge >= 0.3 is 0 Å². The summed E-state index contributed by atoms with van der Waals surface area (Å²) in [6.45, 7) is 16.3. The first-order valence-corrected chi connectivity index (χ1v) is 18.9. The maximum Gasteiger partial charge on any atom is 0.215 e. The highest BCUT2D eigenvalue weighted by molar-refractivity contribution is 7.89. The van der Waals surface area contributed by atoms with Crippen molar-refractivity contribution in [3.05, 3.63) is 0 Å². The van der Waals surface area contributed by atoms with Gasteiger partial charge in [-0.15, -0.1) is 0 Å². The molecule has 4 nitrogen and oxygen atoms in total. The molecule has 0 aliphatic heterocycles. The van der Waals surface area contributed by atoms with E-state index in [1.54, 1.807) is 0 Å².